The molecule has 5 nitrogen and oxygen atoms in total. The minimum absolute atomic E-state index is 0.0597. The molecule has 0 bridgehead atoms. The van der Waals surface area contributed by atoms with Gasteiger partial charge < -0.3 is 14.6 Å². The van der Waals surface area contributed by atoms with Gasteiger partial charge in [0.2, 0.25) is 5.88 Å². The van der Waals surface area contributed by atoms with Gasteiger partial charge >= 0.3 is 5.97 Å². The van der Waals surface area contributed by atoms with Gasteiger partial charge in [-0.2, -0.15) is 0 Å². The summed E-state index contributed by atoms with van der Waals surface area (Å²) in [5, 5.41) is 8.98. The number of carboxylic acids is 1. The molecule has 0 saturated carbocycles. The molecule has 0 aromatic carbocycles. The van der Waals surface area contributed by atoms with Crippen LogP contribution < -0.4 is 4.74 Å². The van der Waals surface area contributed by atoms with Crippen molar-refractivity contribution in [3.63, 3.8) is 0 Å². The Labute approximate surface area is 110 Å². The number of hydrogen-bond acceptors (Lipinski definition) is 4. The lowest BCUT2D eigenvalue weighted by Gasteiger charge is -2.22. The number of aromatic nitrogens is 1. The van der Waals surface area contributed by atoms with Crippen molar-refractivity contribution >= 4 is 17.6 Å². The van der Waals surface area contributed by atoms with Crippen LogP contribution in [0.15, 0.2) is 12.1 Å². The fraction of sp³-hybridized carbons (Fsp3) is 0.500. The van der Waals surface area contributed by atoms with Crippen molar-refractivity contribution in [2.75, 3.05) is 13.2 Å². The zero-order chi connectivity index (χ0) is 13.0. The summed E-state index contributed by atoms with van der Waals surface area (Å²) in [6.45, 7) is 1.14. The van der Waals surface area contributed by atoms with Gasteiger partial charge in [-0.1, -0.05) is 11.6 Å². The SMILES string of the molecule is O=C(O)c1nc(OCC2CCCCO2)ccc1Cl. The smallest absolute Gasteiger partial charge is 0.356 e. The maximum atomic E-state index is 10.9. The van der Waals surface area contributed by atoms with E-state index in [1.165, 1.54) is 6.07 Å². The molecule has 0 radical (unpaired) electrons. The van der Waals surface area contributed by atoms with Crippen molar-refractivity contribution in [1.82, 2.24) is 4.98 Å². The fourth-order valence-electron chi connectivity index (χ4n) is 1.77. The van der Waals surface area contributed by atoms with Gasteiger partial charge in [0, 0.05) is 12.7 Å². The van der Waals surface area contributed by atoms with E-state index in [4.69, 9.17) is 26.2 Å². The van der Waals surface area contributed by atoms with E-state index in [1.807, 2.05) is 0 Å². The molecule has 18 heavy (non-hydrogen) atoms. The number of ether oxygens (including phenoxy) is 2. The molecule has 0 aliphatic carbocycles. The van der Waals surface area contributed by atoms with E-state index in [9.17, 15) is 4.79 Å². The van der Waals surface area contributed by atoms with Gasteiger partial charge in [-0.25, -0.2) is 9.78 Å². The maximum absolute atomic E-state index is 10.9. The van der Waals surface area contributed by atoms with E-state index in [1.54, 1.807) is 6.07 Å². The molecule has 6 heteroatoms. The quantitative estimate of drug-likeness (QED) is 0.910. The molecule has 0 spiro atoms. The lowest BCUT2D eigenvalue weighted by atomic mass is 10.1. The van der Waals surface area contributed by atoms with Gasteiger partial charge in [0.25, 0.3) is 0 Å². The molecule has 2 rings (SSSR count). The van der Waals surface area contributed by atoms with Crippen LogP contribution in [0.4, 0.5) is 0 Å². The first kappa shape index (κ1) is 13.1. The first-order valence-electron chi connectivity index (χ1n) is 5.81. The number of carboxylic acid groups (broad SMARTS) is 1. The fourth-order valence-corrected chi connectivity index (χ4v) is 1.96. The van der Waals surface area contributed by atoms with Crippen LogP contribution in [-0.4, -0.2) is 35.4 Å². The molecular weight excluding hydrogens is 258 g/mol. The molecule has 1 aliphatic rings. The number of carbonyl (C=O) groups is 1. The third kappa shape index (κ3) is 3.34. The Morgan fingerprint density at radius 3 is 3.06 bits per heavy atom. The summed E-state index contributed by atoms with van der Waals surface area (Å²) in [7, 11) is 0. The number of rotatable bonds is 4. The first-order chi connectivity index (χ1) is 8.66. The summed E-state index contributed by atoms with van der Waals surface area (Å²) < 4.78 is 10.9. The van der Waals surface area contributed by atoms with Crippen molar-refractivity contribution < 1.29 is 19.4 Å². The van der Waals surface area contributed by atoms with Crippen LogP contribution in [0, 0.1) is 0 Å². The lowest BCUT2D eigenvalue weighted by molar-refractivity contribution is -0.0119. The second-order valence-electron chi connectivity index (χ2n) is 4.08. The summed E-state index contributed by atoms with van der Waals surface area (Å²) in [4.78, 5) is 14.7. The Balaban J connectivity index is 1.96. The standard InChI is InChI=1S/C12H14ClNO4/c13-9-4-5-10(14-11(9)12(15)16)18-7-8-3-1-2-6-17-8/h4-5,8H,1-3,6-7H2,(H,15,16). The third-order valence-corrected chi connectivity index (χ3v) is 3.02. The highest BCUT2D eigenvalue weighted by Gasteiger charge is 2.16. The molecule has 1 aromatic rings. The van der Waals surface area contributed by atoms with Crippen LogP contribution in [0.1, 0.15) is 29.8 Å². The summed E-state index contributed by atoms with van der Waals surface area (Å²) in [5.41, 5.74) is -0.196. The van der Waals surface area contributed by atoms with Crippen LogP contribution in [0.2, 0.25) is 5.02 Å². The number of nitrogens with zero attached hydrogens (tertiary/aromatic N) is 1. The molecule has 1 N–H and O–H groups in total. The van der Waals surface area contributed by atoms with E-state index in [0.29, 0.717) is 6.61 Å². The highest BCUT2D eigenvalue weighted by atomic mass is 35.5. The topological polar surface area (TPSA) is 68.7 Å². The van der Waals surface area contributed by atoms with Gasteiger partial charge in [-0.15, -0.1) is 0 Å². The molecule has 1 fully saturated rings. The summed E-state index contributed by atoms with van der Waals surface area (Å²) in [5.74, 6) is -0.912. The van der Waals surface area contributed by atoms with E-state index in [2.05, 4.69) is 4.98 Å². The Bertz CT molecular complexity index is 432. The zero-order valence-corrected chi connectivity index (χ0v) is 10.5. The minimum Gasteiger partial charge on any atom is -0.476 e. The average Bonchev–Trinajstić information content (AvgIpc) is 2.38. The summed E-state index contributed by atoms with van der Waals surface area (Å²) in [6.07, 6.45) is 3.23. The predicted molar refractivity (Wildman–Crippen MR) is 65.3 cm³/mol. The van der Waals surface area contributed by atoms with Gasteiger partial charge in [0.15, 0.2) is 5.69 Å². The maximum Gasteiger partial charge on any atom is 0.356 e. The molecule has 2 heterocycles. The van der Waals surface area contributed by atoms with E-state index >= 15 is 0 Å². The first-order valence-corrected chi connectivity index (χ1v) is 6.19. The van der Waals surface area contributed by atoms with Crippen LogP contribution in [0.5, 0.6) is 5.88 Å². The van der Waals surface area contributed by atoms with Crippen molar-refractivity contribution in [2.24, 2.45) is 0 Å². The number of halogens is 1. The normalized spacial score (nSPS) is 19.5. The Hall–Kier alpha value is -1.33. The van der Waals surface area contributed by atoms with Gasteiger partial charge in [-0.05, 0) is 25.3 Å². The van der Waals surface area contributed by atoms with Gasteiger partial charge in [0.1, 0.15) is 6.61 Å². The number of aromatic carboxylic acids is 1. The summed E-state index contributed by atoms with van der Waals surface area (Å²) >= 11 is 5.72. The van der Waals surface area contributed by atoms with Crippen LogP contribution >= 0.6 is 11.6 Å². The monoisotopic (exact) mass is 271 g/mol. The molecule has 1 atom stereocenters. The molecule has 0 amide bonds. The molecule has 1 saturated heterocycles. The van der Waals surface area contributed by atoms with Gasteiger partial charge in [-0.3, -0.25) is 0 Å². The lowest BCUT2D eigenvalue weighted by Crippen LogP contribution is -2.26. The average molecular weight is 272 g/mol. The Kier molecular flexibility index (Phi) is 4.38. The third-order valence-electron chi connectivity index (χ3n) is 2.71. The molecular formula is C12H14ClNO4. The van der Waals surface area contributed by atoms with E-state index in [0.717, 1.165) is 25.9 Å². The van der Waals surface area contributed by atoms with Crippen LogP contribution in [0.3, 0.4) is 0 Å². The van der Waals surface area contributed by atoms with Crippen molar-refractivity contribution in [2.45, 2.75) is 25.4 Å². The molecule has 1 aromatic heterocycles. The highest BCUT2D eigenvalue weighted by molar-refractivity contribution is 6.33. The predicted octanol–water partition coefficient (Wildman–Crippen LogP) is 2.38. The van der Waals surface area contributed by atoms with Crippen LogP contribution in [-0.2, 0) is 4.74 Å². The largest absolute Gasteiger partial charge is 0.476 e. The minimum atomic E-state index is -1.17. The molecule has 1 unspecified atom stereocenters. The number of hydrogen-bond donors (Lipinski definition) is 1. The van der Waals surface area contributed by atoms with E-state index < -0.39 is 5.97 Å². The van der Waals surface area contributed by atoms with Crippen molar-refractivity contribution in [3.05, 3.63) is 22.8 Å². The van der Waals surface area contributed by atoms with Crippen molar-refractivity contribution in [1.29, 1.82) is 0 Å². The Morgan fingerprint density at radius 2 is 2.39 bits per heavy atom. The van der Waals surface area contributed by atoms with Gasteiger partial charge in [0.05, 0.1) is 11.1 Å². The Morgan fingerprint density at radius 1 is 1.56 bits per heavy atom. The highest BCUT2D eigenvalue weighted by Crippen LogP contribution is 2.19. The zero-order valence-electron chi connectivity index (χ0n) is 9.76. The molecule has 1 aliphatic heterocycles. The second-order valence-corrected chi connectivity index (χ2v) is 4.49. The number of pyridine rings is 1. The van der Waals surface area contributed by atoms with Crippen LogP contribution in [0.25, 0.3) is 0 Å². The van der Waals surface area contributed by atoms with Crippen molar-refractivity contribution in [3.8, 4) is 5.88 Å². The molecule has 98 valence electrons. The second kappa shape index (κ2) is 6.02. The van der Waals surface area contributed by atoms with E-state index in [-0.39, 0.29) is 22.7 Å². The summed E-state index contributed by atoms with van der Waals surface area (Å²) in [6, 6.07) is 3.02.